The lowest BCUT2D eigenvalue weighted by Gasteiger charge is -2.16. The van der Waals surface area contributed by atoms with E-state index in [1.165, 1.54) is 12.1 Å². The minimum absolute atomic E-state index is 0.0148. The van der Waals surface area contributed by atoms with Crippen LogP contribution >= 0.6 is 0 Å². The number of rotatable bonds is 2. The first-order valence-corrected chi connectivity index (χ1v) is 6.87. The SMILES string of the molecule is Cc1noc(C2CCN(C(=O)c3ccc(F)c(C#N)c3)C2)n1. The Hall–Kier alpha value is -2.75. The van der Waals surface area contributed by atoms with Crippen molar-refractivity contribution in [3.63, 3.8) is 0 Å². The highest BCUT2D eigenvalue weighted by molar-refractivity contribution is 5.94. The van der Waals surface area contributed by atoms with Gasteiger partial charge in [-0.05, 0) is 31.5 Å². The van der Waals surface area contributed by atoms with Crippen LogP contribution in [-0.2, 0) is 0 Å². The van der Waals surface area contributed by atoms with E-state index < -0.39 is 5.82 Å². The summed E-state index contributed by atoms with van der Waals surface area (Å²) in [7, 11) is 0. The van der Waals surface area contributed by atoms with Crippen LogP contribution < -0.4 is 0 Å². The number of carbonyl (C=O) groups is 1. The Labute approximate surface area is 126 Å². The topological polar surface area (TPSA) is 83.0 Å². The van der Waals surface area contributed by atoms with Crippen molar-refractivity contribution in [2.75, 3.05) is 13.1 Å². The number of likely N-dealkylation sites (tertiary alicyclic amines) is 1. The molecule has 1 aromatic carbocycles. The molecular weight excluding hydrogens is 287 g/mol. The predicted molar refractivity (Wildman–Crippen MR) is 73.4 cm³/mol. The molecule has 1 fully saturated rings. The van der Waals surface area contributed by atoms with Gasteiger partial charge in [-0.3, -0.25) is 4.79 Å². The van der Waals surface area contributed by atoms with Gasteiger partial charge in [0, 0.05) is 18.7 Å². The monoisotopic (exact) mass is 300 g/mol. The second-order valence-corrected chi connectivity index (χ2v) is 5.22. The fraction of sp³-hybridized carbons (Fsp3) is 0.333. The second kappa shape index (κ2) is 5.56. The third-order valence-electron chi connectivity index (χ3n) is 3.70. The van der Waals surface area contributed by atoms with E-state index in [0.717, 1.165) is 12.5 Å². The molecule has 0 bridgehead atoms. The van der Waals surface area contributed by atoms with Gasteiger partial charge in [0.1, 0.15) is 11.9 Å². The van der Waals surface area contributed by atoms with Crippen molar-refractivity contribution in [1.82, 2.24) is 15.0 Å². The molecule has 3 rings (SSSR count). The fourth-order valence-corrected chi connectivity index (χ4v) is 2.55. The third kappa shape index (κ3) is 2.55. The molecule has 1 unspecified atom stereocenters. The van der Waals surface area contributed by atoms with Crippen molar-refractivity contribution in [3.8, 4) is 6.07 Å². The van der Waals surface area contributed by atoms with Gasteiger partial charge < -0.3 is 9.42 Å². The van der Waals surface area contributed by atoms with E-state index in [2.05, 4.69) is 10.1 Å². The Morgan fingerprint density at radius 1 is 1.55 bits per heavy atom. The van der Waals surface area contributed by atoms with E-state index in [-0.39, 0.29) is 17.4 Å². The third-order valence-corrected chi connectivity index (χ3v) is 3.70. The van der Waals surface area contributed by atoms with Crippen LogP contribution in [0.5, 0.6) is 0 Å². The van der Waals surface area contributed by atoms with Crippen molar-refractivity contribution in [1.29, 1.82) is 5.26 Å². The van der Waals surface area contributed by atoms with Crippen LogP contribution in [0.25, 0.3) is 0 Å². The fourth-order valence-electron chi connectivity index (χ4n) is 2.55. The first kappa shape index (κ1) is 14.2. The Balaban J connectivity index is 1.75. The van der Waals surface area contributed by atoms with E-state index in [0.29, 0.717) is 30.4 Å². The van der Waals surface area contributed by atoms with E-state index in [4.69, 9.17) is 9.78 Å². The highest BCUT2D eigenvalue weighted by atomic mass is 19.1. The lowest BCUT2D eigenvalue weighted by atomic mass is 10.1. The molecule has 2 heterocycles. The van der Waals surface area contributed by atoms with Crippen molar-refractivity contribution < 1.29 is 13.7 Å². The Kier molecular flexibility index (Phi) is 3.59. The van der Waals surface area contributed by atoms with Gasteiger partial charge in [0.2, 0.25) is 5.89 Å². The number of aromatic nitrogens is 2. The highest BCUT2D eigenvalue weighted by Crippen LogP contribution is 2.27. The molecule has 6 nitrogen and oxygen atoms in total. The summed E-state index contributed by atoms with van der Waals surface area (Å²) in [6, 6.07) is 5.55. The molecule has 0 radical (unpaired) electrons. The van der Waals surface area contributed by atoms with Gasteiger partial charge in [-0.15, -0.1) is 0 Å². The summed E-state index contributed by atoms with van der Waals surface area (Å²) in [5, 5.41) is 12.6. The normalized spacial score (nSPS) is 17.5. The standard InChI is InChI=1S/C15H13FN4O2/c1-9-18-14(22-19-9)11-4-5-20(8-11)15(21)10-2-3-13(16)12(6-10)7-17/h2-3,6,11H,4-5,8H2,1H3. The Morgan fingerprint density at radius 2 is 2.36 bits per heavy atom. The number of carbonyl (C=O) groups excluding carboxylic acids is 1. The van der Waals surface area contributed by atoms with Crippen LogP contribution in [0.4, 0.5) is 4.39 Å². The van der Waals surface area contributed by atoms with Crippen LogP contribution in [0, 0.1) is 24.1 Å². The smallest absolute Gasteiger partial charge is 0.253 e. The number of aryl methyl sites for hydroxylation is 1. The summed E-state index contributed by atoms with van der Waals surface area (Å²) in [5.41, 5.74) is 0.175. The van der Waals surface area contributed by atoms with E-state index in [1.54, 1.807) is 17.9 Å². The summed E-state index contributed by atoms with van der Waals surface area (Å²) < 4.78 is 18.5. The van der Waals surface area contributed by atoms with Crippen LogP contribution in [0.2, 0.25) is 0 Å². The minimum atomic E-state index is -0.625. The van der Waals surface area contributed by atoms with Gasteiger partial charge in [-0.2, -0.15) is 10.2 Å². The molecular formula is C15H13FN4O2. The molecule has 1 aliphatic heterocycles. The van der Waals surface area contributed by atoms with Crippen LogP contribution in [-0.4, -0.2) is 34.0 Å². The Bertz CT molecular complexity index is 765. The lowest BCUT2D eigenvalue weighted by molar-refractivity contribution is 0.0789. The summed E-state index contributed by atoms with van der Waals surface area (Å²) in [5.74, 6) is 0.262. The van der Waals surface area contributed by atoms with Crippen molar-refractivity contribution in [3.05, 3.63) is 46.9 Å². The van der Waals surface area contributed by atoms with E-state index in [1.807, 2.05) is 0 Å². The summed E-state index contributed by atoms with van der Waals surface area (Å²) in [6.07, 6.45) is 0.736. The zero-order chi connectivity index (χ0) is 15.7. The maximum absolute atomic E-state index is 13.3. The number of halogens is 1. The van der Waals surface area contributed by atoms with Crippen LogP contribution in [0.3, 0.4) is 0 Å². The van der Waals surface area contributed by atoms with Gasteiger partial charge in [0.15, 0.2) is 5.82 Å². The average molecular weight is 300 g/mol. The predicted octanol–water partition coefficient (Wildman–Crippen LogP) is 2.02. The number of nitrogens with zero attached hydrogens (tertiary/aromatic N) is 4. The van der Waals surface area contributed by atoms with Crippen molar-refractivity contribution >= 4 is 5.91 Å². The van der Waals surface area contributed by atoms with Crippen LogP contribution in [0.15, 0.2) is 22.7 Å². The molecule has 1 aliphatic rings. The molecule has 2 aromatic rings. The summed E-state index contributed by atoms with van der Waals surface area (Å²) in [4.78, 5) is 18.3. The molecule has 0 aliphatic carbocycles. The molecule has 0 N–H and O–H groups in total. The largest absolute Gasteiger partial charge is 0.339 e. The van der Waals surface area contributed by atoms with Gasteiger partial charge in [0.05, 0.1) is 11.5 Å². The maximum Gasteiger partial charge on any atom is 0.253 e. The van der Waals surface area contributed by atoms with Gasteiger partial charge in [-0.1, -0.05) is 5.16 Å². The Morgan fingerprint density at radius 3 is 3.05 bits per heavy atom. The molecule has 112 valence electrons. The number of nitriles is 1. The quantitative estimate of drug-likeness (QED) is 0.847. The maximum atomic E-state index is 13.3. The highest BCUT2D eigenvalue weighted by Gasteiger charge is 2.31. The molecule has 1 saturated heterocycles. The first-order valence-electron chi connectivity index (χ1n) is 6.87. The van der Waals surface area contributed by atoms with Crippen molar-refractivity contribution in [2.24, 2.45) is 0 Å². The van der Waals surface area contributed by atoms with Gasteiger partial charge in [-0.25, -0.2) is 4.39 Å². The molecule has 1 atom stereocenters. The number of amides is 1. The van der Waals surface area contributed by atoms with Gasteiger partial charge >= 0.3 is 0 Å². The minimum Gasteiger partial charge on any atom is -0.339 e. The number of hydrogen-bond acceptors (Lipinski definition) is 5. The lowest BCUT2D eigenvalue weighted by Crippen LogP contribution is -2.28. The summed E-state index contributed by atoms with van der Waals surface area (Å²) >= 11 is 0. The first-order chi connectivity index (χ1) is 10.6. The number of benzene rings is 1. The van der Waals surface area contributed by atoms with Crippen LogP contribution in [0.1, 0.15) is 40.0 Å². The average Bonchev–Trinajstić information content (AvgIpc) is 3.15. The zero-order valence-corrected chi connectivity index (χ0v) is 11.9. The molecule has 0 saturated carbocycles. The van der Waals surface area contributed by atoms with E-state index >= 15 is 0 Å². The molecule has 22 heavy (non-hydrogen) atoms. The number of hydrogen-bond donors (Lipinski definition) is 0. The van der Waals surface area contributed by atoms with Gasteiger partial charge in [0.25, 0.3) is 5.91 Å². The molecule has 1 aromatic heterocycles. The molecule has 0 spiro atoms. The second-order valence-electron chi connectivity index (χ2n) is 5.22. The molecule has 1 amide bonds. The van der Waals surface area contributed by atoms with E-state index in [9.17, 15) is 9.18 Å². The summed E-state index contributed by atoms with van der Waals surface area (Å²) in [6.45, 7) is 2.77. The molecule has 7 heteroatoms. The zero-order valence-electron chi connectivity index (χ0n) is 11.9. The van der Waals surface area contributed by atoms with Crippen molar-refractivity contribution in [2.45, 2.75) is 19.3 Å².